The van der Waals surface area contributed by atoms with Crippen LogP contribution in [-0.2, 0) is 0 Å². The summed E-state index contributed by atoms with van der Waals surface area (Å²) in [6, 6.07) is 16.5. The molecule has 0 spiro atoms. The van der Waals surface area contributed by atoms with E-state index in [0.717, 1.165) is 43.4 Å². The van der Waals surface area contributed by atoms with Crippen molar-refractivity contribution in [2.75, 3.05) is 31.5 Å². The smallest absolute Gasteiger partial charge is 0.150 e. The van der Waals surface area contributed by atoms with Gasteiger partial charge >= 0.3 is 0 Å². The maximum absolute atomic E-state index is 6.12. The van der Waals surface area contributed by atoms with Crippen LogP contribution in [0.3, 0.4) is 0 Å². The highest BCUT2D eigenvalue weighted by atomic mass is 16.5. The number of para-hydroxylation sites is 3. The standard InChI is InChI=1S/C17H19N3O/c1-3-7-15-13(5-1)17(20-11-9-18-10-12-20)19-14-6-2-4-8-16(14)21-15/h1-8,17-19H,9-12H2. The van der Waals surface area contributed by atoms with Crippen molar-refractivity contribution in [2.45, 2.75) is 6.17 Å². The van der Waals surface area contributed by atoms with Gasteiger partial charge in [-0.1, -0.05) is 30.3 Å². The van der Waals surface area contributed by atoms with E-state index < -0.39 is 0 Å². The highest BCUT2D eigenvalue weighted by molar-refractivity contribution is 5.61. The Hall–Kier alpha value is -2.04. The summed E-state index contributed by atoms with van der Waals surface area (Å²) in [6.07, 6.45) is 0.159. The molecule has 1 unspecified atom stereocenters. The molecule has 0 amide bonds. The molecule has 4 heteroatoms. The van der Waals surface area contributed by atoms with E-state index >= 15 is 0 Å². The molecule has 0 radical (unpaired) electrons. The summed E-state index contributed by atoms with van der Waals surface area (Å²) in [7, 11) is 0. The van der Waals surface area contributed by atoms with E-state index in [2.05, 4.69) is 33.7 Å². The fourth-order valence-corrected chi connectivity index (χ4v) is 3.05. The normalized spacial score (nSPS) is 21.4. The number of nitrogens with one attached hydrogen (secondary N) is 2. The van der Waals surface area contributed by atoms with E-state index in [1.807, 2.05) is 30.3 Å². The summed E-state index contributed by atoms with van der Waals surface area (Å²) in [6.45, 7) is 4.13. The molecule has 0 saturated carbocycles. The lowest BCUT2D eigenvalue weighted by atomic mass is 10.1. The Balaban J connectivity index is 1.78. The van der Waals surface area contributed by atoms with Crippen molar-refractivity contribution in [3.63, 3.8) is 0 Å². The van der Waals surface area contributed by atoms with E-state index in [0.29, 0.717) is 0 Å². The molecule has 2 aliphatic rings. The van der Waals surface area contributed by atoms with Crippen LogP contribution in [0.4, 0.5) is 5.69 Å². The van der Waals surface area contributed by atoms with E-state index in [-0.39, 0.29) is 6.17 Å². The molecule has 2 heterocycles. The predicted molar refractivity (Wildman–Crippen MR) is 83.8 cm³/mol. The summed E-state index contributed by atoms with van der Waals surface area (Å²) >= 11 is 0. The second kappa shape index (κ2) is 5.39. The number of ether oxygens (including phenoxy) is 1. The Kier molecular flexibility index (Phi) is 3.25. The van der Waals surface area contributed by atoms with Gasteiger partial charge in [-0.3, -0.25) is 4.90 Å². The van der Waals surface area contributed by atoms with E-state index in [9.17, 15) is 0 Å². The van der Waals surface area contributed by atoms with E-state index in [1.165, 1.54) is 5.56 Å². The molecule has 2 aliphatic heterocycles. The first-order valence-corrected chi connectivity index (χ1v) is 7.49. The molecular weight excluding hydrogens is 262 g/mol. The first-order chi connectivity index (χ1) is 10.4. The largest absolute Gasteiger partial charge is 0.455 e. The first kappa shape index (κ1) is 12.7. The van der Waals surface area contributed by atoms with Gasteiger partial charge in [-0.15, -0.1) is 0 Å². The minimum atomic E-state index is 0.159. The highest BCUT2D eigenvalue weighted by Gasteiger charge is 2.28. The Morgan fingerprint density at radius 3 is 2.48 bits per heavy atom. The Bertz CT molecular complexity index is 637. The molecule has 0 aromatic heterocycles. The van der Waals surface area contributed by atoms with Crippen molar-refractivity contribution >= 4 is 5.69 Å². The average molecular weight is 281 g/mol. The number of rotatable bonds is 1. The van der Waals surface area contributed by atoms with Gasteiger partial charge in [0.1, 0.15) is 11.9 Å². The van der Waals surface area contributed by atoms with Gasteiger partial charge in [0, 0.05) is 31.7 Å². The quantitative estimate of drug-likeness (QED) is 0.843. The fourth-order valence-electron chi connectivity index (χ4n) is 3.05. The van der Waals surface area contributed by atoms with Crippen molar-refractivity contribution in [2.24, 2.45) is 0 Å². The SMILES string of the molecule is c1ccc2c(c1)NC(N1CCNCC1)c1ccccc1O2. The minimum absolute atomic E-state index is 0.159. The van der Waals surface area contributed by atoms with E-state index in [4.69, 9.17) is 4.74 Å². The van der Waals surface area contributed by atoms with Crippen LogP contribution < -0.4 is 15.4 Å². The molecule has 0 aliphatic carbocycles. The van der Waals surface area contributed by atoms with E-state index in [1.54, 1.807) is 0 Å². The lowest BCUT2D eigenvalue weighted by Crippen LogP contribution is -2.47. The van der Waals surface area contributed by atoms with Crippen LogP contribution in [-0.4, -0.2) is 31.1 Å². The minimum Gasteiger partial charge on any atom is -0.455 e. The number of benzene rings is 2. The zero-order chi connectivity index (χ0) is 14.1. The van der Waals surface area contributed by atoms with Crippen LogP contribution >= 0.6 is 0 Å². The number of nitrogens with zero attached hydrogens (tertiary/aromatic N) is 1. The summed E-state index contributed by atoms with van der Waals surface area (Å²) in [5.74, 6) is 1.83. The molecule has 2 aromatic carbocycles. The predicted octanol–water partition coefficient (Wildman–Crippen LogP) is 2.81. The Labute approximate surface area is 124 Å². The second-order valence-corrected chi connectivity index (χ2v) is 5.47. The van der Waals surface area contributed by atoms with Crippen molar-refractivity contribution in [3.05, 3.63) is 54.1 Å². The summed E-state index contributed by atoms with van der Waals surface area (Å²) in [5.41, 5.74) is 2.26. The highest BCUT2D eigenvalue weighted by Crippen LogP contribution is 2.40. The van der Waals surface area contributed by atoms with Crippen LogP contribution in [0.1, 0.15) is 11.7 Å². The van der Waals surface area contributed by atoms with Crippen molar-refractivity contribution in [1.29, 1.82) is 0 Å². The topological polar surface area (TPSA) is 36.5 Å². The number of piperazine rings is 1. The lowest BCUT2D eigenvalue weighted by molar-refractivity contribution is 0.190. The molecule has 4 rings (SSSR count). The number of hydrogen-bond acceptors (Lipinski definition) is 4. The van der Waals surface area contributed by atoms with Gasteiger partial charge in [-0.25, -0.2) is 0 Å². The zero-order valence-electron chi connectivity index (χ0n) is 11.9. The summed E-state index contributed by atoms with van der Waals surface area (Å²) in [4.78, 5) is 2.47. The molecule has 4 nitrogen and oxygen atoms in total. The monoisotopic (exact) mass is 281 g/mol. The van der Waals surface area contributed by atoms with Gasteiger partial charge in [-0.05, 0) is 18.2 Å². The average Bonchev–Trinajstić information content (AvgIpc) is 2.72. The maximum Gasteiger partial charge on any atom is 0.150 e. The zero-order valence-corrected chi connectivity index (χ0v) is 11.9. The number of anilines is 1. The third kappa shape index (κ3) is 2.37. The number of hydrogen-bond donors (Lipinski definition) is 2. The lowest BCUT2D eigenvalue weighted by Gasteiger charge is -2.35. The molecule has 2 N–H and O–H groups in total. The maximum atomic E-state index is 6.12. The van der Waals surface area contributed by atoms with Crippen LogP contribution in [0, 0.1) is 0 Å². The number of fused-ring (bicyclic) bond motifs is 2. The van der Waals surface area contributed by atoms with Gasteiger partial charge in [-0.2, -0.15) is 0 Å². The van der Waals surface area contributed by atoms with Crippen molar-refractivity contribution in [3.8, 4) is 11.5 Å². The van der Waals surface area contributed by atoms with Crippen LogP contribution in [0.15, 0.2) is 48.5 Å². The van der Waals surface area contributed by atoms with Gasteiger partial charge in [0.2, 0.25) is 0 Å². The third-order valence-corrected chi connectivity index (χ3v) is 4.13. The van der Waals surface area contributed by atoms with Crippen molar-refractivity contribution in [1.82, 2.24) is 10.2 Å². The summed E-state index contributed by atoms with van der Waals surface area (Å²) < 4.78 is 6.12. The van der Waals surface area contributed by atoms with Gasteiger partial charge in [0.15, 0.2) is 5.75 Å². The van der Waals surface area contributed by atoms with Crippen LogP contribution in [0.5, 0.6) is 11.5 Å². The molecule has 21 heavy (non-hydrogen) atoms. The van der Waals surface area contributed by atoms with Crippen LogP contribution in [0.2, 0.25) is 0 Å². The van der Waals surface area contributed by atoms with Gasteiger partial charge < -0.3 is 15.4 Å². The molecule has 2 aromatic rings. The van der Waals surface area contributed by atoms with Crippen molar-refractivity contribution < 1.29 is 4.74 Å². The molecular formula is C17H19N3O. The molecule has 0 bridgehead atoms. The fraction of sp³-hybridized carbons (Fsp3) is 0.294. The van der Waals surface area contributed by atoms with Gasteiger partial charge in [0.05, 0.1) is 5.69 Å². The first-order valence-electron chi connectivity index (χ1n) is 7.49. The second-order valence-electron chi connectivity index (χ2n) is 5.47. The summed E-state index contributed by atoms with van der Waals surface area (Å²) in [5, 5.41) is 7.07. The van der Waals surface area contributed by atoms with Gasteiger partial charge in [0.25, 0.3) is 0 Å². The molecule has 1 atom stereocenters. The third-order valence-electron chi connectivity index (χ3n) is 4.13. The molecule has 1 saturated heterocycles. The Morgan fingerprint density at radius 2 is 1.62 bits per heavy atom. The Morgan fingerprint density at radius 1 is 0.905 bits per heavy atom. The molecule has 108 valence electrons. The van der Waals surface area contributed by atoms with Crippen LogP contribution in [0.25, 0.3) is 0 Å². The molecule has 1 fully saturated rings.